The van der Waals surface area contributed by atoms with E-state index in [4.69, 9.17) is 18.3 Å². The summed E-state index contributed by atoms with van der Waals surface area (Å²) < 4.78 is 23.9. The second-order valence-corrected chi connectivity index (χ2v) is 12.6. The lowest BCUT2D eigenvalue weighted by Gasteiger charge is -2.33. The number of para-hydroxylation sites is 6. The highest BCUT2D eigenvalue weighted by molar-refractivity contribution is 6.01. The van der Waals surface area contributed by atoms with Gasteiger partial charge in [0.25, 0.3) is 0 Å². The molecule has 52 heavy (non-hydrogen) atoms. The number of furan rings is 2. The highest BCUT2D eigenvalue weighted by Crippen LogP contribution is 2.48. The van der Waals surface area contributed by atoms with Gasteiger partial charge < -0.3 is 38.9 Å². The van der Waals surface area contributed by atoms with Crippen molar-refractivity contribution in [2.24, 2.45) is 0 Å². The Kier molecular flexibility index (Phi) is 8.97. The summed E-state index contributed by atoms with van der Waals surface area (Å²) in [4.78, 5) is 23.1. The first-order valence-electron chi connectivity index (χ1n) is 17.2. The molecule has 0 aliphatic heterocycles. The molecule has 9 nitrogen and oxygen atoms in total. The van der Waals surface area contributed by atoms with E-state index < -0.39 is 23.9 Å². The molecule has 0 radical (unpaired) electrons. The average molecular weight is 691 g/mol. The third kappa shape index (κ3) is 6.06. The van der Waals surface area contributed by atoms with Crippen LogP contribution in [0.2, 0.25) is 0 Å². The van der Waals surface area contributed by atoms with E-state index in [0.717, 1.165) is 44.3 Å². The Balaban J connectivity index is 1.37. The molecule has 4 N–H and O–H groups in total. The first-order valence-corrected chi connectivity index (χ1v) is 17.2. The van der Waals surface area contributed by atoms with Crippen molar-refractivity contribution in [3.8, 4) is 11.5 Å². The molecule has 260 valence electrons. The van der Waals surface area contributed by atoms with Gasteiger partial charge in [0.05, 0.1) is 62.0 Å². The number of benzene rings is 4. The van der Waals surface area contributed by atoms with Gasteiger partial charge in [-0.25, -0.2) is 0 Å². The molecule has 0 saturated carbocycles. The van der Waals surface area contributed by atoms with Crippen molar-refractivity contribution in [3.05, 3.63) is 169 Å². The maximum Gasteiger partial charge on any atom is 0.153 e. The van der Waals surface area contributed by atoms with Crippen LogP contribution in [0.5, 0.6) is 11.5 Å². The van der Waals surface area contributed by atoms with Crippen LogP contribution in [0.3, 0.4) is 0 Å². The molecular formula is C43H38N4O5. The SMILES string of the molecule is COc1ccccc1NC(c1ccco1)C(C(=O)C(c1c[nH]c2ccccc12)C(Nc1ccccc1OC)c1ccco1)c1c[nH]c2ccccc12. The molecule has 0 spiro atoms. The van der Waals surface area contributed by atoms with E-state index >= 15 is 4.79 Å². The average Bonchev–Trinajstić information content (AvgIpc) is 4.03. The number of carbonyl (C=O) groups is 1. The second-order valence-electron chi connectivity index (χ2n) is 12.6. The number of hydrogen-bond acceptors (Lipinski definition) is 7. The molecule has 4 heterocycles. The normalized spacial score (nSPS) is 13.7. The summed E-state index contributed by atoms with van der Waals surface area (Å²) >= 11 is 0. The lowest BCUT2D eigenvalue weighted by atomic mass is 9.75. The van der Waals surface area contributed by atoms with E-state index in [-0.39, 0.29) is 5.78 Å². The van der Waals surface area contributed by atoms with Gasteiger partial charge in [-0.05, 0) is 71.8 Å². The molecule has 4 aromatic heterocycles. The number of methoxy groups -OCH3 is 2. The molecule has 4 unspecified atom stereocenters. The lowest BCUT2D eigenvalue weighted by molar-refractivity contribution is -0.122. The fourth-order valence-electron chi connectivity index (χ4n) is 7.33. The van der Waals surface area contributed by atoms with Gasteiger partial charge in [-0.15, -0.1) is 0 Å². The summed E-state index contributed by atoms with van der Waals surface area (Å²) in [6.45, 7) is 0. The second kappa shape index (κ2) is 14.3. The monoisotopic (exact) mass is 690 g/mol. The first kappa shape index (κ1) is 32.6. The van der Waals surface area contributed by atoms with E-state index in [1.54, 1.807) is 26.7 Å². The molecule has 8 aromatic rings. The molecule has 4 aromatic carbocycles. The number of H-pyrrole nitrogens is 2. The van der Waals surface area contributed by atoms with Crippen molar-refractivity contribution in [2.75, 3.05) is 24.9 Å². The third-order valence-electron chi connectivity index (χ3n) is 9.73. The van der Waals surface area contributed by atoms with Crippen LogP contribution < -0.4 is 20.1 Å². The highest BCUT2D eigenvalue weighted by atomic mass is 16.5. The van der Waals surface area contributed by atoms with Crippen LogP contribution in [-0.2, 0) is 4.79 Å². The van der Waals surface area contributed by atoms with E-state index in [1.807, 2.05) is 134 Å². The molecule has 9 heteroatoms. The first-order chi connectivity index (χ1) is 25.6. The van der Waals surface area contributed by atoms with Gasteiger partial charge in [0.15, 0.2) is 5.78 Å². The van der Waals surface area contributed by atoms with Gasteiger partial charge in [-0.2, -0.15) is 0 Å². The number of ketones is 1. The minimum absolute atomic E-state index is 0.0675. The summed E-state index contributed by atoms with van der Waals surface area (Å²) in [5, 5.41) is 9.25. The molecule has 4 atom stereocenters. The number of fused-ring (bicyclic) bond motifs is 2. The number of anilines is 2. The Bertz CT molecular complexity index is 2240. The van der Waals surface area contributed by atoms with Gasteiger partial charge in [0.2, 0.25) is 0 Å². The molecule has 0 amide bonds. The Labute approximate surface area is 300 Å². The Hall–Kier alpha value is -6.61. The molecule has 0 saturated heterocycles. The summed E-state index contributed by atoms with van der Waals surface area (Å²) in [6, 6.07) is 37.6. The van der Waals surface area contributed by atoms with Crippen molar-refractivity contribution >= 4 is 39.0 Å². The van der Waals surface area contributed by atoms with E-state index in [2.05, 4.69) is 20.6 Å². The lowest BCUT2D eigenvalue weighted by Crippen LogP contribution is -2.34. The zero-order valence-corrected chi connectivity index (χ0v) is 28.7. The fourth-order valence-corrected chi connectivity index (χ4v) is 7.33. The van der Waals surface area contributed by atoms with Gasteiger partial charge in [-0.3, -0.25) is 4.79 Å². The number of rotatable bonds is 14. The van der Waals surface area contributed by atoms with E-state index in [1.165, 1.54) is 0 Å². The number of aromatic nitrogens is 2. The fraction of sp³-hybridized carbons (Fsp3) is 0.140. The number of Topliss-reactive ketones (excluding diaryl/α,β-unsaturated/α-hetero) is 1. The predicted octanol–water partition coefficient (Wildman–Crippen LogP) is 10.00. The quantitative estimate of drug-likeness (QED) is 0.0897. The van der Waals surface area contributed by atoms with Gasteiger partial charge >= 0.3 is 0 Å². The van der Waals surface area contributed by atoms with Gasteiger partial charge in [0, 0.05) is 34.2 Å². The van der Waals surface area contributed by atoms with Crippen LogP contribution in [0.25, 0.3) is 21.8 Å². The van der Waals surface area contributed by atoms with Crippen molar-refractivity contribution < 1.29 is 23.1 Å². The summed E-state index contributed by atoms with van der Waals surface area (Å²) in [6.07, 6.45) is 7.15. The standard InChI is InChI=1S/C43H38N4O5/c1-49-35-19-9-7-17-33(35)46-41(37-21-11-23-51-37)39(29-25-44-31-15-5-3-13-27(29)31)43(48)40(30-26-45-32-16-6-4-14-28(30)32)42(38-22-12-24-52-38)47-34-18-8-10-20-36(34)50-2/h3-26,39-42,44-47H,1-2H3. The number of nitrogens with one attached hydrogen (secondary N) is 4. The van der Waals surface area contributed by atoms with E-state index in [9.17, 15) is 0 Å². The van der Waals surface area contributed by atoms with Crippen LogP contribution in [0.4, 0.5) is 11.4 Å². The molecule has 8 rings (SSSR count). The Morgan fingerprint density at radius 2 is 0.981 bits per heavy atom. The van der Waals surface area contributed by atoms with Crippen molar-refractivity contribution in [3.63, 3.8) is 0 Å². The van der Waals surface area contributed by atoms with E-state index in [0.29, 0.717) is 23.0 Å². The third-order valence-corrected chi connectivity index (χ3v) is 9.73. The number of ether oxygens (including phenoxy) is 2. The molecular weight excluding hydrogens is 652 g/mol. The Morgan fingerprint density at radius 1 is 0.558 bits per heavy atom. The van der Waals surface area contributed by atoms with Crippen LogP contribution in [0.15, 0.2) is 155 Å². The minimum Gasteiger partial charge on any atom is -0.495 e. The van der Waals surface area contributed by atoms with Crippen molar-refractivity contribution in [2.45, 2.75) is 23.9 Å². The minimum atomic E-state index is -0.789. The van der Waals surface area contributed by atoms with Crippen LogP contribution in [0, 0.1) is 0 Å². The predicted molar refractivity (Wildman–Crippen MR) is 203 cm³/mol. The number of carbonyl (C=O) groups excluding carboxylic acids is 1. The molecule has 0 aliphatic rings. The van der Waals surface area contributed by atoms with Crippen molar-refractivity contribution in [1.29, 1.82) is 0 Å². The maximum atomic E-state index is 16.2. The van der Waals surface area contributed by atoms with Crippen LogP contribution in [-0.4, -0.2) is 30.0 Å². The largest absolute Gasteiger partial charge is 0.495 e. The topological polar surface area (TPSA) is 117 Å². The summed E-state index contributed by atoms with van der Waals surface area (Å²) in [7, 11) is 3.27. The zero-order valence-electron chi connectivity index (χ0n) is 28.7. The number of hydrogen-bond donors (Lipinski definition) is 4. The summed E-state index contributed by atoms with van der Waals surface area (Å²) in [5.41, 5.74) is 4.94. The zero-order chi connectivity index (χ0) is 35.4. The molecule has 0 fully saturated rings. The van der Waals surface area contributed by atoms with Gasteiger partial charge in [0.1, 0.15) is 23.0 Å². The van der Waals surface area contributed by atoms with Crippen LogP contribution >= 0.6 is 0 Å². The molecule has 0 aliphatic carbocycles. The smallest absolute Gasteiger partial charge is 0.153 e. The van der Waals surface area contributed by atoms with Crippen LogP contribution in [0.1, 0.15) is 46.6 Å². The number of aromatic amines is 2. The van der Waals surface area contributed by atoms with Crippen molar-refractivity contribution in [1.82, 2.24) is 9.97 Å². The highest BCUT2D eigenvalue weighted by Gasteiger charge is 2.44. The molecule has 0 bridgehead atoms. The maximum absolute atomic E-state index is 16.2. The summed E-state index contributed by atoms with van der Waals surface area (Å²) in [5.74, 6) is 0.832. The Morgan fingerprint density at radius 3 is 1.40 bits per heavy atom. The van der Waals surface area contributed by atoms with Gasteiger partial charge in [-0.1, -0.05) is 60.7 Å².